The molecule has 2 aromatic carbocycles. The molecule has 1 saturated carbocycles. The zero-order chi connectivity index (χ0) is 26.1. The molecule has 37 heavy (non-hydrogen) atoms. The number of aryl methyl sites for hydroxylation is 3. The van der Waals surface area contributed by atoms with E-state index in [0.717, 1.165) is 46.3 Å². The molecule has 1 unspecified atom stereocenters. The van der Waals surface area contributed by atoms with Crippen LogP contribution in [-0.2, 0) is 13.1 Å². The molecule has 1 aliphatic rings. The standard InChI is InChI=1S/C30H38N6O/c1-19(2)28(29-32-33-34-36(29)25-8-6-7-9-25)35(17-23-14-10-20(3)11-15-23)18-24-16-26-21(4)12-13-22(5)27(26)31-30(24)37/h10-16,19,25,28H,6-9,17-18H2,1-5H3,(H,31,37). The zero-order valence-electron chi connectivity index (χ0n) is 22.7. The number of tetrazole rings is 1. The van der Waals surface area contributed by atoms with Crippen LogP contribution in [0.15, 0.2) is 47.3 Å². The lowest BCUT2D eigenvalue weighted by Crippen LogP contribution is -2.35. The van der Waals surface area contributed by atoms with Gasteiger partial charge in [-0.15, -0.1) is 5.10 Å². The van der Waals surface area contributed by atoms with E-state index in [2.05, 4.69) is 100 Å². The number of benzene rings is 2. The minimum atomic E-state index is -0.0365. The van der Waals surface area contributed by atoms with E-state index in [1.165, 1.54) is 24.0 Å². The van der Waals surface area contributed by atoms with Gasteiger partial charge < -0.3 is 4.98 Å². The third-order valence-electron chi connectivity index (χ3n) is 7.88. The van der Waals surface area contributed by atoms with Crippen molar-refractivity contribution in [3.63, 3.8) is 0 Å². The highest BCUT2D eigenvalue weighted by atomic mass is 16.1. The normalized spacial score (nSPS) is 15.3. The molecular formula is C30H38N6O. The van der Waals surface area contributed by atoms with E-state index in [9.17, 15) is 4.79 Å². The lowest BCUT2D eigenvalue weighted by atomic mass is 9.98. The highest BCUT2D eigenvalue weighted by molar-refractivity contribution is 5.85. The fourth-order valence-electron chi connectivity index (χ4n) is 5.82. The number of aromatic nitrogens is 5. The van der Waals surface area contributed by atoms with Crippen LogP contribution in [0, 0.1) is 26.7 Å². The molecule has 4 aromatic rings. The van der Waals surface area contributed by atoms with Crippen molar-refractivity contribution >= 4 is 10.9 Å². The quantitative estimate of drug-likeness (QED) is 0.324. The summed E-state index contributed by atoms with van der Waals surface area (Å²) in [7, 11) is 0. The van der Waals surface area contributed by atoms with Gasteiger partial charge in [0.05, 0.1) is 17.6 Å². The Bertz CT molecular complexity index is 1430. The van der Waals surface area contributed by atoms with Crippen LogP contribution in [-0.4, -0.2) is 30.1 Å². The lowest BCUT2D eigenvalue weighted by Gasteiger charge is -2.34. The first kappa shape index (κ1) is 25.3. The van der Waals surface area contributed by atoms with Gasteiger partial charge in [0.2, 0.25) is 0 Å². The van der Waals surface area contributed by atoms with Gasteiger partial charge in [0.25, 0.3) is 5.56 Å². The van der Waals surface area contributed by atoms with Gasteiger partial charge in [-0.2, -0.15) is 0 Å². The van der Waals surface area contributed by atoms with Crippen LogP contribution in [0.3, 0.4) is 0 Å². The van der Waals surface area contributed by atoms with Crippen LogP contribution in [0.4, 0.5) is 0 Å². The molecule has 1 N–H and O–H groups in total. The molecule has 0 bridgehead atoms. The van der Waals surface area contributed by atoms with Gasteiger partial charge in [-0.3, -0.25) is 9.69 Å². The summed E-state index contributed by atoms with van der Waals surface area (Å²) in [4.78, 5) is 18.9. The molecule has 2 aromatic heterocycles. The zero-order valence-corrected chi connectivity index (χ0v) is 22.7. The van der Waals surface area contributed by atoms with Gasteiger partial charge >= 0.3 is 0 Å². The van der Waals surface area contributed by atoms with E-state index in [0.29, 0.717) is 19.1 Å². The van der Waals surface area contributed by atoms with Crippen LogP contribution >= 0.6 is 0 Å². The molecule has 1 atom stereocenters. The smallest absolute Gasteiger partial charge is 0.252 e. The second-order valence-electron chi connectivity index (χ2n) is 11.1. The van der Waals surface area contributed by atoms with Gasteiger partial charge in [0.1, 0.15) is 0 Å². The van der Waals surface area contributed by atoms with E-state index in [1.54, 1.807) is 0 Å². The highest BCUT2D eigenvalue weighted by Gasteiger charge is 2.32. The molecular weight excluding hydrogens is 460 g/mol. The number of aromatic amines is 1. The summed E-state index contributed by atoms with van der Waals surface area (Å²) in [5.74, 6) is 1.15. The molecule has 7 heteroatoms. The Morgan fingerprint density at radius 2 is 1.70 bits per heavy atom. The number of pyridine rings is 1. The van der Waals surface area contributed by atoms with Crippen LogP contribution in [0.2, 0.25) is 0 Å². The topological polar surface area (TPSA) is 79.7 Å². The van der Waals surface area contributed by atoms with Gasteiger partial charge in [-0.1, -0.05) is 68.7 Å². The summed E-state index contributed by atoms with van der Waals surface area (Å²) >= 11 is 0. The number of hydrogen-bond donors (Lipinski definition) is 1. The maximum atomic E-state index is 13.4. The van der Waals surface area contributed by atoms with Crippen molar-refractivity contribution < 1.29 is 0 Å². The Morgan fingerprint density at radius 3 is 2.41 bits per heavy atom. The molecule has 1 aliphatic carbocycles. The fourth-order valence-corrected chi connectivity index (χ4v) is 5.82. The largest absolute Gasteiger partial charge is 0.321 e. The van der Waals surface area contributed by atoms with Crippen LogP contribution in [0.25, 0.3) is 10.9 Å². The second kappa shape index (κ2) is 10.6. The first-order chi connectivity index (χ1) is 17.8. The SMILES string of the molecule is Cc1ccc(CN(Cc2cc3c(C)ccc(C)c3[nH]c2=O)C(c2nnnn2C2CCCC2)C(C)C)cc1. The average Bonchev–Trinajstić information content (AvgIpc) is 3.56. The van der Waals surface area contributed by atoms with Crippen molar-refractivity contribution in [1.82, 2.24) is 30.1 Å². The monoisotopic (exact) mass is 498 g/mol. The second-order valence-corrected chi connectivity index (χ2v) is 11.1. The number of hydrogen-bond acceptors (Lipinski definition) is 5. The number of H-pyrrole nitrogens is 1. The Labute approximate surface area is 218 Å². The summed E-state index contributed by atoms with van der Waals surface area (Å²) in [6, 6.07) is 15.2. The minimum Gasteiger partial charge on any atom is -0.321 e. The first-order valence-corrected chi connectivity index (χ1v) is 13.5. The third kappa shape index (κ3) is 5.23. The summed E-state index contributed by atoms with van der Waals surface area (Å²) < 4.78 is 2.07. The molecule has 0 aliphatic heterocycles. The Kier molecular flexibility index (Phi) is 7.24. The van der Waals surface area contributed by atoms with Gasteiger partial charge in [-0.05, 0) is 72.7 Å². The molecule has 0 amide bonds. The van der Waals surface area contributed by atoms with Gasteiger partial charge in [0.15, 0.2) is 5.82 Å². The molecule has 194 valence electrons. The first-order valence-electron chi connectivity index (χ1n) is 13.5. The van der Waals surface area contributed by atoms with Crippen molar-refractivity contribution in [3.8, 4) is 0 Å². The highest BCUT2D eigenvalue weighted by Crippen LogP contribution is 2.35. The van der Waals surface area contributed by atoms with Crippen molar-refractivity contribution in [2.45, 2.75) is 85.5 Å². The van der Waals surface area contributed by atoms with E-state index in [1.807, 2.05) is 6.92 Å². The predicted octanol–water partition coefficient (Wildman–Crippen LogP) is 5.95. The Balaban J connectivity index is 1.58. The van der Waals surface area contributed by atoms with E-state index < -0.39 is 0 Å². The van der Waals surface area contributed by atoms with Gasteiger partial charge in [0, 0.05) is 24.0 Å². The third-order valence-corrected chi connectivity index (χ3v) is 7.88. The molecule has 5 rings (SSSR count). The Hall–Kier alpha value is -3.32. The molecule has 2 heterocycles. The summed E-state index contributed by atoms with van der Waals surface area (Å²) in [5, 5.41) is 14.2. The predicted molar refractivity (Wildman–Crippen MR) is 147 cm³/mol. The summed E-state index contributed by atoms with van der Waals surface area (Å²) in [5.41, 5.74) is 6.33. The van der Waals surface area contributed by atoms with E-state index in [-0.39, 0.29) is 17.5 Å². The number of nitrogens with one attached hydrogen (secondary N) is 1. The van der Waals surface area contributed by atoms with Gasteiger partial charge in [-0.25, -0.2) is 4.68 Å². The van der Waals surface area contributed by atoms with Crippen LogP contribution < -0.4 is 5.56 Å². The maximum Gasteiger partial charge on any atom is 0.252 e. The minimum absolute atomic E-state index is 0.0343. The lowest BCUT2D eigenvalue weighted by molar-refractivity contribution is 0.123. The molecule has 0 radical (unpaired) electrons. The summed E-state index contributed by atoms with van der Waals surface area (Å²) in [6.45, 7) is 11.9. The number of nitrogens with zero attached hydrogens (tertiary/aromatic N) is 5. The number of rotatable bonds is 8. The average molecular weight is 499 g/mol. The van der Waals surface area contributed by atoms with E-state index in [4.69, 9.17) is 0 Å². The van der Waals surface area contributed by atoms with Crippen LogP contribution in [0.5, 0.6) is 0 Å². The fraction of sp³-hybridized carbons (Fsp3) is 0.467. The van der Waals surface area contributed by atoms with Crippen molar-refractivity contribution in [1.29, 1.82) is 0 Å². The molecule has 0 saturated heterocycles. The molecule has 1 fully saturated rings. The van der Waals surface area contributed by atoms with Crippen molar-refractivity contribution in [3.05, 3.63) is 86.5 Å². The van der Waals surface area contributed by atoms with Crippen LogP contribution in [0.1, 0.15) is 85.3 Å². The Morgan fingerprint density at radius 1 is 1.00 bits per heavy atom. The molecule has 0 spiro atoms. The molecule has 7 nitrogen and oxygen atoms in total. The summed E-state index contributed by atoms with van der Waals surface area (Å²) in [6.07, 6.45) is 4.66. The van der Waals surface area contributed by atoms with Crippen molar-refractivity contribution in [2.75, 3.05) is 0 Å². The number of fused-ring (bicyclic) bond motifs is 1. The maximum absolute atomic E-state index is 13.4. The van der Waals surface area contributed by atoms with Crippen molar-refractivity contribution in [2.24, 2.45) is 5.92 Å². The van der Waals surface area contributed by atoms with E-state index >= 15 is 0 Å².